The van der Waals surface area contributed by atoms with Crippen molar-refractivity contribution in [1.82, 2.24) is 10.2 Å². The van der Waals surface area contributed by atoms with Gasteiger partial charge >= 0.3 is 18.0 Å². The summed E-state index contributed by atoms with van der Waals surface area (Å²) in [5.41, 5.74) is 0.481. The number of rotatable bonds is 6. The lowest BCUT2D eigenvalue weighted by Gasteiger charge is -2.22. The molecule has 0 aliphatic carbocycles. The molecule has 0 heterocycles. The van der Waals surface area contributed by atoms with Crippen molar-refractivity contribution in [2.24, 2.45) is 0 Å². The highest BCUT2D eigenvalue weighted by Gasteiger charge is 2.21. The van der Waals surface area contributed by atoms with Crippen molar-refractivity contribution < 1.29 is 29.0 Å². The van der Waals surface area contributed by atoms with Crippen LogP contribution in [0.5, 0.6) is 0 Å². The predicted molar refractivity (Wildman–Crippen MR) is 70.2 cm³/mol. The van der Waals surface area contributed by atoms with E-state index in [1.165, 1.54) is 18.2 Å². The first-order valence-electron chi connectivity index (χ1n) is 6.04. The van der Waals surface area contributed by atoms with Crippen molar-refractivity contribution in [1.29, 1.82) is 0 Å². The summed E-state index contributed by atoms with van der Waals surface area (Å²) < 4.78 is 13.1. The summed E-state index contributed by atoms with van der Waals surface area (Å²) in [6, 6.07) is 4.09. The second-order valence-corrected chi connectivity index (χ2v) is 4.37. The van der Waals surface area contributed by atoms with Crippen LogP contribution in [0.25, 0.3) is 0 Å². The van der Waals surface area contributed by atoms with E-state index < -0.39 is 42.9 Å². The highest BCUT2D eigenvalue weighted by atomic mass is 19.1. The van der Waals surface area contributed by atoms with Crippen molar-refractivity contribution >= 4 is 18.0 Å². The van der Waals surface area contributed by atoms with Crippen molar-refractivity contribution in [3.8, 4) is 0 Å². The molecule has 1 atom stereocenters. The van der Waals surface area contributed by atoms with Gasteiger partial charge in [-0.3, -0.25) is 9.59 Å². The smallest absolute Gasteiger partial charge is 0.323 e. The number of benzene rings is 1. The van der Waals surface area contributed by atoms with E-state index in [4.69, 9.17) is 10.2 Å². The van der Waals surface area contributed by atoms with Crippen molar-refractivity contribution in [3.05, 3.63) is 35.6 Å². The largest absolute Gasteiger partial charge is 0.480 e. The summed E-state index contributed by atoms with van der Waals surface area (Å²) in [6.07, 6.45) is 0. The lowest BCUT2D eigenvalue weighted by Crippen LogP contribution is -2.45. The molecule has 114 valence electrons. The van der Waals surface area contributed by atoms with Crippen molar-refractivity contribution in [3.63, 3.8) is 0 Å². The Morgan fingerprint density at radius 1 is 1.24 bits per heavy atom. The Morgan fingerprint density at radius 3 is 2.29 bits per heavy atom. The van der Waals surface area contributed by atoms with Crippen LogP contribution in [0, 0.1) is 5.82 Å². The molecule has 0 aliphatic heterocycles. The Balaban J connectivity index is 2.75. The molecular weight excluding hydrogens is 283 g/mol. The first-order chi connectivity index (χ1) is 9.79. The van der Waals surface area contributed by atoms with Gasteiger partial charge in [-0.2, -0.15) is 0 Å². The average molecular weight is 298 g/mol. The summed E-state index contributed by atoms with van der Waals surface area (Å²) in [6.45, 7) is 0.0917. The number of aliphatic carboxylic acids is 2. The van der Waals surface area contributed by atoms with E-state index in [2.05, 4.69) is 5.32 Å². The van der Waals surface area contributed by atoms with Crippen LogP contribution in [-0.4, -0.2) is 46.2 Å². The highest BCUT2D eigenvalue weighted by Crippen LogP contribution is 2.13. The van der Waals surface area contributed by atoms with E-state index in [0.717, 1.165) is 0 Å². The van der Waals surface area contributed by atoms with Crippen LogP contribution in [0.1, 0.15) is 18.5 Å². The van der Waals surface area contributed by atoms with Gasteiger partial charge in [0, 0.05) is 0 Å². The monoisotopic (exact) mass is 298 g/mol. The lowest BCUT2D eigenvalue weighted by molar-refractivity contribution is -0.140. The van der Waals surface area contributed by atoms with Gasteiger partial charge < -0.3 is 20.4 Å². The molecule has 0 bridgehead atoms. The van der Waals surface area contributed by atoms with Crippen molar-refractivity contribution in [2.75, 3.05) is 13.1 Å². The van der Waals surface area contributed by atoms with Crippen LogP contribution in [0.15, 0.2) is 24.3 Å². The third kappa shape index (κ3) is 5.47. The Morgan fingerprint density at radius 2 is 1.81 bits per heavy atom. The van der Waals surface area contributed by atoms with Crippen LogP contribution >= 0.6 is 0 Å². The Bertz CT molecular complexity index is 533. The quantitative estimate of drug-likeness (QED) is 0.728. The summed E-state index contributed by atoms with van der Waals surface area (Å²) in [5.74, 6) is -3.13. The summed E-state index contributed by atoms with van der Waals surface area (Å²) in [4.78, 5) is 33.8. The second kappa shape index (κ2) is 7.22. The first-order valence-corrected chi connectivity index (χ1v) is 6.04. The number of nitrogens with zero attached hydrogens (tertiary/aromatic N) is 1. The zero-order chi connectivity index (χ0) is 16.0. The molecule has 1 rings (SSSR count). The fourth-order valence-corrected chi connectivity index (χ4v) is 1.66. The summed E-state index contributed by atoms with van der Waals surface area (Å²) in [7, 11) is 0. The molecule has 7 nitrogen and oxygen atoms in total. The molecular formula is C13H15FN2O5. The normalized spacial score (nSPS) is 11.5. The van der Waals surface area contributed by atoms with Gasteiger partial charge in [-0.05, 0) is 24.6 Å². The fourth-order valence-electron chi connectivity index (χ4n) is 1.66. The number of nitrogens with one attached hydrogen (secondary N) is 1. The topological polar surface area (TPSA) is 107 Å². The van der Waals surface area contributed by atoms with Crippen LogP contribution in [0.2, 0.25) is 0 Å². The van der Waals surface area contributed by atoms with Gasteiger partial charge in [-0.1, -0.05) is 12.1 Å². The minimum absolute atomic E-state index is 0.471. The summed E-state index contributed by atoms with van der Waals surface area (Å²) >= 11 is 0. The number of amides is 2. The van der Waals surface area contributed by atoms with E-state index >= 15 is 0 Å². The molecule has 0 saturated carbocycles. The lowest BCUT2D eigenvalue weighted by atomic mass is 10.1. The summed E-state index contributed by atoms with van der Waals surface area (Å²) in [5, 5.41) is 19.8. The third-order valence-electron chi connectivity index (χ3n) is 2.63. The van der Waals surface area contributed by atoms with Gasteiger partial charge in [0.2, 0.25) is 0 Å². The molecule has 2 amide bonds. The Kier molecular flexibility index (Phi) is 5.65. The van der Waals surface area contributed by atoms with E-state index in [-0.39, 0.29) is 0 Å². The van der Waals surface area contributed by atoms with Gasteiger partial charge in [-0.15, -0.1) is 0 Å². The molecule has 1 aromatic rings. The number of carbonyl (C=O) groups is 3. The minimum Gasteiger partial charge on any atom is -0.480 e. The maximum Gasteiger partial charge on any atom is 0.323 e. The standard InChI is InChI=1S/C13H15FN2O5/c1-8(9-3-2-4-10(14)5-9)15-13(21)16(6-11(17)18)7-12(19)20/h2-5,8H,6-7H2,1H3,(H,15,21)(H,17,18)(H,19,20). The fraction of sp³-hybridized carbons (Fsp3) is 0.308. The molecule has 0 aliphatic rings. The first kappa shape index (κ1) is 16.4. The van der Waals surface area contributed by atoms with Crippen molar-refractivity contribution in [2.45, 2.75) is 13.0 Å². The number of hydrogen-bond donors (Lipinski definition) is 3. The third-order valence-corrected chi connectivity index (χ3v) is 2.63. The highest BCUT2D eigenvalue weighted by molar-refractivity contribution is 5.84. The number of urea groups is 1. The SMILES string of the molecule is CC(NC(=O)N(CC(=O)O)CC(=O)O)c1cccc(F)c1. The number of carboxylic acid groups (broad SMARTS) is 2. The van der Waals surface area contributed by atoms with E-state index in [1.807, 2.05) is 0 Å². The number of carboxylic acids is 2. The Hall–Kier alpha value is -2.64. The van der Waals surface area contributed by atoms with Crippen LogP contribution < -0.4 is 5.32 Å². The zero-order valence-corrected chi connectivity index (χ0v) is 11.2. The molecule has 21 heavy (non-hydrogen) atoms. The predicted octanol–water partition coefficient (Wildman–Crippen LogP) is 1.07. The molecule has 0 radical (unpaired) electrons. The molecule has 0 saturated heterocycles. The number of hydrogen-bond acceptors (Lipinski definition) is 3. The molecule has 1 unspecified atom stereocenters. The molecule has 3 N–H and O–H groups in total. The molecule has 0 aromatic heterocycles. The number of carbonyl (C=O) groups excluding carboxylic acids is 1. The van der Waals surface area contributed by atoms with Gasteiger partial charge in [0.1, 0.15) is 18.9 Å². The van der Waals surface area contributed by atoms with Gasteiger partial charge in [-0.25, -0.2) is 9.18 Å². The van der Waals surface area contributed by atoms with Crippen LogP contribution in [0.4, 0.5) is 9.18 Å². The van der Waals surface area contributed by atoms with Crippen LogP contribution in [-0.2, 0) is 9.59 Å². The number of halogens is 1. The molecule has 0 fully saturated rings. The van der Waals surface area contributed by atoms with E-state index in [1.54, 1.807) is 13.0 Å². The molecule has 1 aromatic carbocycles. The maximum atomic E-state index is 13.1. The van der Waals surface area contributed by atoms with E-state index in [9.17, 15) is 18.8 Å². The minimum atomic E-state index is -1.33. The second-order valence-electron chi connectivity index (χ2n) is 4.37. The Labute approximate surface area is 120 Å². The van der Waals surface area contributed by atoms with Gasteiger partial charge in [0.25, 0.3) is 0 Å². The van der Waals surface area contributed by atoms with E-state index in [0.29, 0.717) is 10.5 Å². The van der Waals surface area contributed by atoms with Crippen LogP contribution in [0.3, 0.4) is 0 Å². The van der Waals surface area contributed by atoms with Gasteiger partial charge in [0.05, 0.1) is 6.04 Å². The maximum absolute atomic E-state index is 13.1. The molecule has 0 spiro atoms. The average Bonchev–Trinajstić information content (AvgIpc) is 2.36. The zero-order valence-electron chi connectivity index (χ0n) is 11.2. The molecule has 8 heteroatoms. The van der Waals surface area contributed by atoms with Gasteiger partial charge in [0.15, 0.2) is 0 Å².